The van der Waals surface area contributed by atoms with Crippen LogP contribution >= 0.6 is 0 Å². The number of esters is 1. The molecule has 2 rings (SSSR count). The molecule has 0 saturated carbocycles. The van der Waals surface area contributed by atoms with Gasteiger partial charge in [-0.1, -0.05) is 37.1 Å². The third-order valence-corrected chi connectivity index (χ3v) is 4.95. The lowest BCUT2D eigenvalue weighted by Crippen LogP contribution is -2.24. The molecule has 5 nitrogen and oxygen atoms in total. The van der Waals surface area contributed by atoms with Gasteiger partial charge in [0, 0.05) is 23.5 Å². The quantitative estimate of drug-likeness (QED) is 0.281. The first kappa shape index (κ1) is 19.9. The molecule has 5 heteroatoms. The fourth-order valence-electron chi connectivity index (χ4n) is 3.44. The van der Waals surface area contributed by atoms with Crippen LogP contribution in [0.15, 0.2) is 47.6 Å². The number of non-ortho nitro benzene ring substituents is 1. The minimum atomic E-state index is -0.492. The summed E-state index contributed by atoms with van der Waals surface area (Å²) in [7, 11) is 0. The highest BCUT2D eigenvalue weighted by Gasteiger charge is 2.30. The van der Waals surface area contributed by atoms with Crippen LogP contribution in [0, 0.1) is 21.4 Å². The molecule has 140 valence electrons. The molecule has 0 heterocycles. The van der Waals surface area contributed by atoms with Gasteiger partial charge in [0.1, 0.15) is 0 Å². The Balaban J connectivity index is 1.98. The van der Waals surface area contributed by atoms with Crippen molar-refractivity contribution in [3.05, 3.63) is 63.2 Å². The molecule has 0 spiro atoms. The Morgan fingerprint density at radius 1 is 1.35 bits per heavy atom. The number of rotatable bonds is 7. The first-order valence-corrected chi connectivity index (χ1v) is 8.86. The summed E-state index contributed by atoms with van der Waals surface area (Å²) in [5, 5.41) is 10.7. The van der Waals surface area contributed by atoms with E-state index in [1.165, 1.54) is 41.0 Å². The number of carbonyl (C=O) groups excluding carboxylic acids is 1. The second kappa shape index (κ2) is 7.85. The lowest BCUT2D eigenvalue weighted by molar-refractivity contribution is -0.384. The molecule has 1 aromatic carbocycles. The Hall–Kier alpha value is -2.43. The van der Waals surface area contributed by atoms with Gasteiger partial charge in [-0.2, -0.15) is 0 Å². The van der Waals surface area contributed by atoms with Gasteiger partial charge in [0.25, 0.3) is 5.69 Å². The lowest BCUT2D eigenvalue weighted by Gasteiger charge is -2.28. The second-order valence-corrected chi connectivity index (χ2v) is 7.96. The molecule has 1 aliphatic carbocycles. The molecule has 1 unspecified atom stereocenters. The molecule has 0 bridgehead atoms. The van der Waals surface area contributed by atoms with E-state index in [0.29, 0.717) is 18.1 Å². The number of hydrogen-bond donors (Lipinski definition) is 0. The van der Waals surface area contributed by atoms with Crippen LogP contribution in [0.2, 0.25) is 0 Å². The standard InChI is InChI=1S/C21H27NO4/c1-14(2)18-11-6-15(3)19(18)12-21(4,5)13-26-20(23)16-7-9-17(10-8-16)22(24)25/h7-10,18H,1,6,11-13H2,2-5H3. The van der Waals surface area contributed by atoms with E-state index in [4.69, 9.17) is 4.74 Å². The first-order chi connectivity index (χ1) is 12.1. The fourth-order valence-corrected chi connectivity index (χ4v) is 3.44. The van der Waals surface area contributed by atoms with E-state index in [2.05, 4.69) is 34.3 Å². The van der Waals surface area contributed by atoms with Crippen molar-refractivity contribution < 1.29 is 14.5 Å². The molecule has 0 amide bonds. The molecule has 1 aromatic rings. The maximum absolute atomic E-state index is 12.2. The Labute approximate surface area is 154 Å². The highest BCUT2D eigenvalue weighted by Crippen LogP contribution is 2.42. The maximum atomic E-state index is 12.2. The average molecular weight is 357 g/mol. The van der Waals surface area contributed by atoms with Crippen molar-refractivity contribution in [1.29, 1.82) is 0 Å². The van der Waals surface area contributed by atoms with E-state index < -0.39 is 10.9 Å². The van der Waals surface area contributed by atoms with Crippen LogP contribution in [0.3, 0.4) is 0 Å². The van der Waals surface area contributed by atoms with E-state index in [-0.39, 0.29) is 11.1 Å². The van der Waals surface area contributed by atoms with E-state index in [1.54, 1.807) is 0 Å². The molecule has 1 aliphatic rings. The number of ether oxygens (including phenoxy) is 1. The van der Waals surface area contributed by atoms with Crippen LogP contribution in [0.4, 0.5) is 5.69 Å². The molecule has 0 saturated heterocycles. The number of benzene rings is 1. The van der Waals surface area contributed by atoms with E-state index in [0.717, 1.165) is 19.3 Å². The van der Waals surface area contributed by atoms with E-state index >= 15 is 0 Å². The molecule has 26 heavy (non-hydrogen) atoms. The fraction of sp³-hybridized carbons (Fsp3) is 0.476. The predicted molar refractivity (Wildman–Crippen MR) is 102 cm³/mol. The van der Waals surface area contributed by atoms with Gasteiger partial charge < -0.3 is 4.74 Å². The van der Waals surface area contributed by atoms with Gasteiger partial charge in [0.15, 0.2) is 0 Å². The number of nitrogens with zero attached hydrogens (tertiary/aromatic N) is 1. The minimum absolute atomic E-state index is 0.0450. The van der Waals surface area contributed by atoms with Crippen LogP contribution in [0.5, 0.6) is 0 Å². The highest BCUT2D eigenvalue weighted by molar-refractivity contribution is 5.89. The number of nitro groups is 1. The number of allylic oxidation sites excluding steroid dienone is 3. The van der Waals surface area contributed by atoms with Gasteiger partial charge in [-0.3, -0.25) is 10.1 Å². The van der Waals surface area contributed by atoms with Crippen LogP contribution < -0.4 is 0 Å². The highest BCUT2D eigenvalue weighted by atomic mass is 16.6. The van der Waals surface area contributed by atoms with Crippen molar-refractivity contribution in [2.45, 2.75) is 47.0 Å². The Morgan fingerprint density at radius 3 is 2.50 bits per heavy atom. The van der Waals surface area contributed by atoms with Crippen molar-refractivity contribution in [2.75, 3.05) is 6.61 Å². The summed E-state index contributed by atoms with van der Waals surface area (Å²) in [6, 6.07) is 5.47. The second-order valence-electron chi connectivity index (χ2n) is 7.96. The monoisotopic (exact) mass is 357 g/mol. The zero-order chi connectivity index (χ0) is 19.5. The van der Waals surface area contributed by atoms with Gasteiger partial charge in [-0.05, 0) is 45.2 Å². The zero-order valence-electron chi connectivity index (χ0n) is 16.0. The normalized spacial score (nSPS) is 17.3. The Kier molecular flexibility index (Phi) is 6.01. The molecular weight excluding hydrogens is 330 g/mol. The van der Waals surface area contributed by atoms with Crippen molar-refractivity contribution in [3.63, 3.8) is 0 Å². The van der Waals surface area contributed by atoms with E-state index in [1.807, 2.05) is 0 Å². The van der Waals surface area contributed by atoms with Crippen LogP contribution in [0.25, 0.3) is 0 Å². The summed E-state index contributed by atoms with van der Waals surface area (Å²) in [6.07, 6.45) is 3.09. The third-order valence-electron chi connectivity index (χ3n) is 4.95. The van der Waals surface area contributed by atoms with Crippen LogP contribution in [0.1, 0.15) is 57.3 Å². The summed E-state index contributed by atoms with van der Waals surface area (Å²) in [5.74, 6) is -0.0267. The topological polar surface area (TPSA) is 69.4 Å². The summed E-state index contributed by atoms with van der Waals surface area (Å²) in [6.45, 7) is 12.8. The number of nitro benzene ring substituents is 1. The summed E-state index contributed by atoms with van der Waals surface area (Å²) >= 11 is 0. The molecule has 0 radical (unpaired) electrons. The largest absolute Gasteiger partial charge is 0.462 e. The van der Waals surface area contributed by atoms with Gasteiger partial charge in [0.05, 0.1) is 17.1 Å². The van der Waals surface area contributed by atoms with Crippen molar-refractivity contribution in [3.8, 4) is 0 Å². The lowest BCUT2D eigenvalue weighted by atomic mass is 9.80. The van der Waals surface area contributed by atoms with Crippen molar-refractivity contribution in [2.24, 2.45) is 11.3 Å². The van der Waals surface area contributed by atoms with Gasteiger partial charge in [-0.15, -0.1) is 0 Å². The molecule has 0 aromatic heterocycles. The minimum Gasteiger partial charge on any atom is -0.462 e. The SMILES string of the molecule is C=C(C)C1CCC(C)=C1CC(C)(C)COC(=O)c1ccc([N+](=O)[O-])cc1. The maximum Gasteiger partial charge on any atom is 0.338 e. The molecule has 1 atom stereocenters. The third kappa shape index (κ3) is 4.81. The zero-order valence-corrected chi connectivity index (χ0v) is 16.0. The van der Waals surface area contributed by atoms with Gasteiger partial charge >= 0.3 is 5.97 Å². The molecular formula is C21H27NO4. The molecule has 0 aliphatic heterocycles. The number of carbonyl (C=O) groups is 1. The van der Waals surface area contributed by atoms with Crippen molar-refractivity contribution in [1.82, 2.24) is 0 Å². The summed E-state index contributed by atoms with van der Waals surface area (Å²) in [4.78, 5) is 22.4. The predicted octanol–water partition coefficient (Wildman–Crippen LogP) is 5.47. The molecule has 0 N–H and O–H groups in total. The summed E-state index contributed by atoms with van der Waals surface area (Å²) in [5.41, 5.74) is 4.13. The summed E-state index contributed by atoms with van der Waals surface area (Å²) < 4.78 is 5.48. The van der Waals surface area contributed by atoms with Crippen LogP contribution in [-0.2, 0) is 4.74 Å². The Morgan fingerprint density at radius 2 is 1.96 bits per heavy atom. The Bertz CT molecular complexity index is 744. The molecule has 0 fully saturated rings. The first-order valence-electron chi connectivity index (χ1n) is 8.86. The van der Waals surface area contributed by atoms with Gasteiger partial charge in [-0.25, -0.2) is 4.79 Å². The van der Waals surface area contributed by atoms with Gasteiger partial charge in [0.2, 0.25) is 0 Å². The van der Waals surface area contributed by atoms with E-state index in [9.17, 15) is 14.9 Å². The average Bonchev–Trinajstić information content (AvgIpc) is 2.93. The smallest absolute Gasteiger partial charge is 0.338 e. The number of hydrogen-bond acceptors (Lipinski definition) is 4. The van der Waals surface area contributed by atoms with Crippen LogP contribution in [-0.4, -0.2) is 17.5 Å². The van der Waals surface area contributed by atoms with Crippen molar-refractivity contribution >= 4 is 11.7 Å².